The molecule has 0 aromatic heterocycles. The summed E-state index contributed by atoms with van der Waals surface area (Å²) in [7, 11) is 1.61. The Balaban J connectivity index is 1.41. The number of hydrogen-bond donors (Lipinski definition) is 1. The van der Waals surface area contributed by atoms with Gasteiger partial charge in [0.05, 0.1) is 13.2 Å². The lowest BCUT2D eigenvalue weighted by Crippen LogP contribution is -2.51. The lowest BCUT2D eigenvalue weighted by molar-refractivity contribution is -0.128. The van der Waals surface area contributed by atoms with Gasteiger partial charge < -0.3 is 19.9 Å². The molecule has 2 fully saturated rings. The molecule has 2 aliphatic rings. The fourth-order valence-electron chi connectivity index (χ4n) is 4.08. The van der Waals surface area contributed by atoms with Crippen LogP contribution in [0, 0.1) is 0 Å². The minimum Gasteiger partial charge on any atom is -0.383 e. The molecular weight excluding hydrogens is 392 g/mol. The van der Waals surface area contributed by atoms with E-state index in [1.54, 1.807) is 13.2 Å². The van der Waals surface area contributed by atoms with Gasteiger partial charge in [-0.05, 0) is 36.6 Å². The topological polar surface area (TPSA) is 65.1 Å². The Morgan fingerprint density at radius 3 is 2.29 bits per heavy atom. The van der Waals surface area contributed by atoms with Crippen molar-refractivity contribution in [2.75, 3.05) is 71.0 Å². The molecule has 0 spiro atoms. The highest BCUT2D eigenvalue weighted by Gasteiger charge is 2.21. The summed E-state index contributed by atoms with van der Waals surface area (Å²) in [5.74, 6) is 0.0288. The van der Waals surface area contributed by atoms with Crippen LogP contribution in [0.5, 0.6) is 0 Å². The number of amides is 2. The van der Waals surface area contributed by atoms with E-state index in [-0.39, 0.29) is 11.8 Å². The van der Waals surface area contributed by atoms with Crippen LogP contribution >= 0.6 is 0 Å². The van der Waals surface area contributed by atoms with Crippen molar-refractivity contribution in [2.24, 2.45) is 0 Å². The van der Waals surface area contributed by atoms with E-state index in [2.05, 4.69) is 39.4 Å². The van der Waals surface area contributed by atoms with Gasteiger partial charge in [-0.2, -0.15) is 0 Å². The number of nitrogens with one attached hydrogen (secondary N) is 1. The number of piperazine rings is 1. The number of carbonyl (C=O) groups excluding carboxylic acids is 2. The first-order valence-electron chi connectivity index (χ1n) is 11.5. The maximum atomic E-state index is 12.5. The van der Waals surface area contributed by atoms with E-state index < -0.39 is 0 Å². The monoisotopic (exact) mass is 428 g/mol. The number of anilines is 1. The third kappa shape index (κ3) is 7.67. The summed E-state index contributed by atoms with van der Waals surface area (Å²) in [5, 5.41) is 2.83. The zero-order valence-corrected chi connectivity index (χ0v) is 18.7. The van der Waals surface area contributed by atoms with E-state index in [1.165, 1.54) is 31.4 Å². The second kappa shape index (κ2) is 12.5. The Labute approximate surface area is 186 Å². The number of ether oxygens (including phenoxy) is 1. The fraction of sp³-hybridized carbons (Fsp3) is 0.583. The van der Waals surface area contributed by atoms with Crippen LogP contribution in [0.25, 0.3) is 6.08 Å². The predicted octanol–water partition coefficient (Wildman–Crippen LogP) is 1.99. The van der Waals surface area contributed by atoms with Gasteiger partial charge in [0.1, 0.15) is 0 Å². The molecule has 1 aromatic carbocycles. The Kier molecular flexibility index (Phi) is 9.37. The minimum absolute atomic E-state index is 0.000320. The molecule has 0 radical (unpaired) electrons. The average Bonchev–Trinajstić information content (AvgIpc) is 3.08. The van der Waals surface area contributed by atoms with E-state index in [1.807, 2.05) is 11.0 Å². The van der Waals surface area contributed by atoms with Gasteiger partial charge in [-0.3, -0.25) is 14.5 Å². The molecule has 3 rings (SSSR count). The van der Waals surface area contributed by atoms with E-state index in [0.29, 0.717) is 45.9 Å². The van der Waals surface area contributed by atoms with Crippen LogP contribution in [0.3, 0.4) is 0 Å². The number of rotatable bonds is 8. The quantitative estimate of drug-likeness (QED) is 0.507. The zero-order chi connectivity index (χ0) is 21.9. The maximum absolute atomic E-state index is 12.5. The van der Waals surface area contributed by atoms with Crippen molar-refractivity contribution in [3.63, 3.8) is 0 Å². The third-order valence-electron chi connectivity index (χ3n) is 5.96. The van der Waals surface area contributed by atoms with Crippen LogP contribution in [0.4, 0.5) is 5.69 Å². The van der Waals surface area contributed by atoms with Crippen LogP contribution in [0.2, 0.25) is 0 Å². The van der Waals surface area contributed by atoms with Gasteiger partial charge in [-0.1, -0.05) is 25.0 Å². The Morgan fingerprint density at radius 2 is 1.65 bits per heavy atom. The molecule has 1 N–H and O–H groups in total. The van der Waals surface area contributed by atoms with Crippen LogP contribution in [-0.2, 0) is 14.3 Å². The molecular formula is C24H36N4O3. The summed E-state index contributed by atoms with van der Waals surface area (Å²) in [5.41, 5.74) is 2.31. The van der Waals surface area contributed by atoms with Gasteiger partial charge in [-0.15, -0.1) is 0 Å². The molecule has 2 heterocycles. The molecule has 0 saturated carbocycles. The molecule has 0 bridgehead atoms. The van der Waals surface area contributed by atoms with Crippen molar-refractivity contribution in [3.05, 3.63) is 35.9 Å². The maximum Gasteiger partial charge on any atom is 0.246 e. The normalized spacial score (nSPS) is 18.2. The number of nitrogens with zero attached hydrogens (tertiary/aromatic N) is 3. The molecule has 2 aliphatic heterocycles. The van der Waals surface area contributed by atoms with E-state index >= 15 is 0 Å². The van der Waals surface area contributed by atoms with Crippen LogP contribution in [0.1, 0.15) is 31.2 Å². The summed E-state index contributed by atoms with van der Waals surface area (Å²) in [6.07, 6.45) is 8.74. The fourth-order valence-corrected chi connectivity index (χ4v) is 4.08. The van der Waals surface area contributed by atoms with Gasteiger partial charge >= 0.3 is 0 Å². The smallest absolute Gasteiger partial charge is 0.246 e. The van der Waals surface area contributed by atoms with Crippen molar-refractivity contribution in [3.8, 4) is 0 Å². The molecule has 0 unspecified atom stereocenters. The number of hydrogen-bond acceptors (Lipinski definition) is 5. The van der Waals surface area contributed by atoms with E-state index in [4.69, 9.17) is 4.74 Å². The minimum atomic E-state index is 0.000320. The standard InChI is InChI=1S/C24H36N4O3/c1-31-19-12-25-23(29)20-26-15-17-28(18-16-26)24(30)11-8-21-6-9-22(10-7-21)27-13-4-2-3-5-14-27/h6-11H,2-5,12-20H2,1H3,(H,25,29)/b11-8+. The summed E-state index contributed by atoms with van der Waals surface area (Å²) in [6.45, 7) is 6.38. The molecule has 1 aromatic rings. The highest BCUT2D eigenvalue weighted by Crippen LogP contribution is 2.20. The molecule has 0 aliphatic carbocycles. The van der Waals surface area contributed by atoms with Gasteiger partial charge in [0.25, 0.3) is 0 Å². The van der Waals surface area contributed by atoms with Crippen molar-refractivity contribution < 1.29 is 14.3 Å². The Morgan fingerprint density at radius 1 is 0.968 bits per heavy atom. The van der Waals surface area contributed by atoms with E-state index in [0.717, 1.165) is 18.7 Å². The number of carbonyl (C=O) groups is 2. The summed E-state index contributed by atoms with van der Waals surface area (Å²) in [4.78, 5) is 30.8. The summed E-state index contributed by atoms with van der Waals surface area (Å²) >= 11 is 0. The Hall–Kier alpha value is -2.38. The molecule has 2 saturated heterocycles. The average molecular weight is 429 g/mol. The molecule has 0 atom stereocenters. The van der Waals surface area contributed by atoms with Crippen LogP contribution < -0.4 is 10.2 Å². The van der Waals surface area contributed by atoms with Gasteiger partial charge in [0.2, 0.25) is 11.8 Å². The molecule has 7 heteroatoms. The number of methoxy groups -OCH3 is 1. The third-order valence-corrected chi connectivity index (χ3v) is 5.96. The Bertz CT molecular complexity index is 719. The van der Waals surface area contributed by atoms with Gasteiger partial charge in [0.15, 0.2) is 0 Å². The largest absolute Gasteiger partial charge is 0.383 e. The lowest BCUT2D eigenvalue weighted by atomic mass is 10.1. The second-order valence-electron chi connectivity index (χ2n) is 8.27. The second-order valence-corrected chi connectivity index (χ2v) is 8.27. The number of benzene rings is 1. The van der Waals surface area contributed by atoms with Crippen molar-refractivity contribution in [1.82, 2.24) is 15.1 Å². The highest BCUT2D eigenvalue weighted by atomic mass is 16.5. The van der Waals surface area contributed by atoms with Crippen LogP contribution in [0.15, 0.2) is 30.3 Å². The SMILES string of the molecule is COCCNC(=O)CN1CCN(C(=O)/C=C/c2ccc(N3CCCCCC3)cc2)CC1. The molecule has 31 heavy (non-hydrogen) atoms. The summed E-state index contributed by atoms with van der Waals surface area (Å²) < 4.78 is 4.93. The highest BCUT2D eigenvalue weighted by molar-refractivity contribution is 5.92. The molecule has 170 valence electrons. The molecule has 2 amide bonds. The molecule has 7 nitrogen and oxygen atoms in total. The van der Waals surface area contributed by atoms with Gasteiger partial charge in [0, 0.05) is 64.7 Å². The zero-order valence-electron chi connectivity index (χ0n) is 18.7. The first-order chi connectivity index (χ1) is 15.2. The van der Waals surface area contributed by atoms with Crippen LogP contribution in [-0.4, -0.2) is 87.7 Å². The predicted molar refractivity (Wildman–Crippen MR) is 124 cm³/mol. The lowest BCUT2D eigenvalue weighted by Gasteiger charge is -2.33. The van der Waals surface area contributed by atoms with Crippen molar-refractivity contribution >= 4 is 23.6 Å². The first-order valence-corrected chi connectivity index (χ1v) is 11.5. The summed E-state index contributed by atoms with van der Waals surface area (Å²) in [6, 6.07) is 8.49. The van der Waals surface area contributed by atoms with Crippen molar-refractivity contribution in [2.45, 2.75) is 25.7 Å². The van der Waals surface area contributed by atoms with Gasteiger partial charge in [-0.25, -0.2) is 0 Å². The van der Waals surface area contributed by atoms with E-state index in [9.17, 15) is 9.59 Å². The first kappa shape index (κ1) is 23.3. The van der Waals surface area contributed by atoms with Crippen molar-refractivity contribution in [1.29, 1.82) is 0 Å².